The van der Waals surface area contributed by atoms with Crippen LogP contribution in [0.3, 0.4) is 0 Å². The van der Waals surface area contributed by atoms with Gasteiger partial charge >= 0.3 is 0 Å². The number of nitrogens with zero attached hydrogens (tertiary/aromatic N) is 1. The largest absolute Gasteiger partial charge is 0.489 e. The first-order valence-corrected chi connectivity index (χ1v) is 9.39. The van der Waals surface area contributed by atoms with Crippen molar-refractivity contribution in [1.82, 2.24) is 9.55 Å². The van der Waals surface area contributed by atoms with Crippen LogP contribution < -0.4 is 10.5 Å². The molecule has 0 unspecified atom stereocenters. The van der Waals surface area contributed by atoms with Crippen LogP contribution in [0, 0.1) is 0 Å². The maximum absolute atomic E-state index is 13.1. The third kappa shape index (κ3) is 3.12. The summed E-state index contributed by atoms with van der Waals surface area (Å²) in [5.74, 6) is 0.620. The van der Waals surface area contributed by atoms with Crippen molar-refractivity contribution in [3.05, 3.63) is 96.3 Å². The molecular formula is C24H19N3O2. The number of nitrogens with two attached hydrogens (primary N) is 1. The smallest absolute Gasteiger partial charge is 0.278 e. The van der Waals surface area contributed by atoms with Crippen molar-refractivity contribution in [2.75, 3.05) is 5.73 Å². The number of carbonyl (C=O) groups is 1. The molecule has 142 valence electrons. The molecule has 0 saturated carbocycles. The first-order valence-electron chi connectivity index (χ1n) is 9.39. The molecule has 5 rings (SSSR count). The lowest BCUT2D eigenvalue weighted by molar-refractivity contribution is 0.0961. The second-order valence-corrected chi connectivity index (χ2v) is 6.98. The van der Waals surface area contributed by atoms with Gasteiger partial charge in [0.15, 0.2) is 0 Å². The van der Waals surface area contributed by atoms with E-state index in [1.54, 1.807) is 10.8 Å². The van der Waals surface area contributed by atoms with Crippen molar-refractivity contribution in [2.24, 2.45) is 0 Å². The summed E-state index contributed by atoms with van der Waals surface area (Å²) >= 11 is 0. The van der Waals surface area contributed by atoms with Gasteiger partial charge < -0.3 is 15.5 Å². The number of hydrogen-bond donors (Lipinski definition) is 2. The molecule has 5 aromatic rings. The SMILES string of the molecule is Nc1cccc2c1ccn2C(=O)c1cc2ccc(OCc3ccccc3)cc2[nH]1. The molecule has 2 aromatic heterocycles. The van der Waals surface area contributed by atoms with Gasteiger partial charge in [-0.1, -0.05) is 36.4 Å². The fourth-order valence-electron chi connectivity index (χ4n) is 3.55. The monoisotopic (exact) mass is 381 g/mol. The predicted molar refractivity (Wildman–Crippen MR) is 115 cm³/mol. The Hall–Kier alpha value is -3.99. The number of carbonyl (C=O) groups excluding carboxylic acids is 1. The number of aromatic nitrogens is 2. The van der Waals surface area contributed by atoms with Gasteiger partial charge in [-0.15, -0.1) is 0 Å². The lowest BCUT2D eigenvalue weighted by Gasteiger charge is -2.06. The molecule has 2 heterocycles. The predicted octanol–water partition coefficient (Wildman–Crippen LogP) is 4.97. The third-order valence-electron chi connectivity index (χ3n) is 5.06. The second kappa shape index (κ2) is 6.87. The van der Waals surface area contributed by atoms with E-state index in [1.165, 1.54) is 0 Å². The zero-order chi connectivity index (χ0) is 19.8. The molecule has 0 radical (unpaired) electrons. The van der Waals surface area contributed by atoms with E-state index in [0.29, 0.717) is 18.0 Å². The summed E-state index contributed by atoms with van der Waals surface area (Å²) in [6.45, 7) is 0.496. The number of anilines is 1. The van der Waals surface area contributed by atoms with Gasteiger partial charge in [0, 0.05) is 34.2 Å². The summed E-state index contributed by atoms with van der Waals surface area (Å²) in [7, 11) is 0. The van der Waals surface area contributed by atoms with E-state index in [1.807, 2.05) is 78.9 Å². The highest BCUT2D eigenvalue weighted by atomic mass is 16.5. The van der Waals surface area contributed by atoms with E-state index in [9.17, 15) is 4.79 Å². The topological polar surface area (TPSA) is 73.0 Å². The average molecular weight is 381 g/mol. The van der Waals surface area contributed by atoms with E-state index < -0.39 is 0 Å². The Labute approximate surface area is 167 Å². The van der Waals surface area contributed by atoms with Crippen molar-refractivity contribution in [3.63, 3.8) is 0 Å². The van der Waals surface area contributed by atoms with E-state index in [2.05, 4.69) is 4.98 Å². The Balaban J connectivity index is 1.43. The normalized spacial score (nSPS) is 11.2. The molecule has 0 aliphatic rings. The summed E-state index contributed by atoms with van der Waals surface area (Å²) < 4.78 is 7.50. The summed E-state index contributed by atoms with van der Waals surface area (Å²) in [5, 5.41) is 1.82. The van der Waals surface area contributed by atoms with Crippen LogP contribution in [0.1, 0.15) is 16.1 Å². The fourth-order valence-corrected chi connectivity index (χ4v) is 3.55. The number of ether oxygens (including phenoxy) is 1. The highest BCUT2D eigenvalue weighted by molar-refractivity contribution is 6.05. The van der Waals surface area contributed by atoms with Crippen LogP contribution in [0.2, 0.25) is 0 Å². The molecule has 5 nitrogen and oxygen atoms in total. The zero-order valence-corrected chi connectivity index (χ0v) is 15.6. The average Bonchev–Trinajstić information content (AvgIpc) is 3.37. The van der Waals surface area contributed by atoms with Gasteiger partial charge in [0.1, 0.15) is 18.1 Å². The number of nitrogen functional groups attached to an aromatic ring is 1. The molecule has 0 atom stereocenters. The fraction of sp³-hybridized carbons (Fsp3) is 0.0417. The molecule has 3 N–H and O–H groups in total. The number of fused-ring (bicyclic) bond motifs is 2. The molecule has 0 aliphatic heterocycles. The molecular weight excluding hydrogens is 362 g/mol. The number of hydrogen-bond acceptors (Lipinski definition) is 3. The van der Waals surface area contributed by atoms with Crippen LogP contribution in [0.4, 0.5) is 5.69 Å². The van der Waals surface area contributed by atoms with Gasteiger partial charge in [0.25, 0.3) is 5.91 Å². The number of aromatic amines is 1. The summed E-state index contributed by atoms with van der Waals surface area (Å²) in [5.41, 5.74) is 9.94. The highest BCUT2D eigenvalue weighted by Gasteiger charge is 2.15. The molecule has 5 heteroatoms. The van der Waals surface area contributed by atoms with Crippen molar-refractivity contribution >= 4 is 33.4 Å². The van der Waals surface area contributed by atoms with Gasteiger partial charge in [0.2, 0.25) is 0 Å². The maximum Gasteiger partial charge on any atom is 0.278 e. The van der Waals surface area contributed by atoms with Crippen LogP contribution in [0.25, 0.3) is 21.8 Å². The summed E-state index contributed by atoms with van der Waals surface area (Å²) in [6.07, 6.45) is 1.75. The number of nitrogens with one attached hydrogen (secondary N) is 1. The Morgan fingerprint density at radius 1 is 0.966 bits per heavy atom. The van der Waals surface area contributed by atoms with Crippen LogP contribution in [0.15, 0.2) is 85.1 Å². The molecule has 29 heavy (non-hydrogen) atoms. The van der Waals surface area contributed by atoms with Crippen LogP contribution >= 0.6 is 0 Å². The maximum atomic E-state index is 13.1. The molecule has 0 spiro atoms. The first kappa shape index (κ1) is 17.1. The van der Waals surface area contributed by atoms with Gasteiger partial charge in [-0.3, -0.25) is 9.36 Å². The number of H-pyrrole nitrogens is 1. The molecule has 0 saturated heterocycles. The zero-order valence-electron chi connectivity index (χ0n) is 15.6. The number of rotatable bonds is 4. The van der Waals surface area contributed by atoms with Crippen LogP contribution in [-0.2, 0) is 6.61 Å². The molecule has 0 aliphatic carbocycles. The Morgan fingerprint density at radius 3 is 2.69 bits per heavy atom. The van der Waals surface area contributed by atoms with Gasteiger partial charge in [-0.05, 0) is 42.0 Å². The minimum atomic E-state index is -0.131. The number of benzene rings is 3. The van der Waals surface area contributed by atoms with Crippen molar-refractivity contribution in [1.29, 1.82) is 0 Å². The molecule has 3 aromatic carbocycles. The Morgan fingerprint density at radius 2 is 1.83 bits per heavy atom. The summed E-state index contributed by atoms with van der Waals surface area (Å²) in [6, 6.07) is 25.1. The second-order valence-electron chi connectivity index (χ2n) is 6.98. The highest BCUT2D eigenvalue weighted by Crippen LogP contribution is 2.25. The standard InChI is InChI=1S/C24H19N3O2/c25-20-7-4-8-23-19(20)11-12-27(23)24(28)22-13-17-9-10-18(14-21(17)26-22)29-15-16-5-2-1-3-6-16/h1-14,26H,15,25H2. The van der Waals surface area contributed by atoms with Gasteiger partial charge in [-0.2, -0.15) is 0 Å². The summed E-state index contributed by atoms with van der Waals surface area (Å²) in [4.78, 5) is 16.3. The van der Waals surface area contributed by atoms with E-state index in [-0.39, 0.29) is 5.91 Å². The first-order chi connectivity index (χ1) is 14.2. The van der Waals surface area contributed by atoms with Crippen molar-refractivity contribution in [3.8, 4) is 5.75 Å². The van der Waals surface area contributed by atoms with Gasteiger partial charge in [0.05, 0.1) is 5.52 Å². The lowest BCUT2D eigenvalue weighted by atomic mass is 10.2. The third-order valence-corrected chi connectivity index (χ3v) is 5.06. The lowest BCUT2D eigenvalue weighted by Crippen LogP contribution is -2.10. The minimum absolute atomic E-state index is 0.131. The van der Waals surface area contributed by atoms with E-state index in [4.69, 9.17) is 10.5 Å². The Kier molecular flexibility index (Phi) is 4.06. The van der Waals surface area contributed by atoms with Crippen LogP contribution in [-0.4, -0.2) is 15.5 Å². The minimum Gasteiger partial charge on any atom is -0.489 e. The quantitative estimate of drug-likeness (QED) is 0.432. The van der Waals surface area contributed by atoms with Gasteiger partial charge in [-0.25, -0.2) is 0 Å². The van der Waals surface area contributed by atoms with E-state index in [0.717, 1.165) is 33.1 Å². The Bertz CT molecular complexity index is 1330. The molecule has 0 bridgehead atoms. The molecule has 0 fully saturated rings. The van der Waals surface area contributed by atoms with Crippen LogP contribution in [0.5, 0.6) is 5.75 Å². The van der Waals surface area contributed by atoms with Crippen molar-refractivity contribution in [2.45, 2.75) is 6.61 Å². The van der Waals surface area contributed by atoms with E-state index >= 15 is 0 Å². The molecule has 0 amide bonds. The van der Waals surface area contributed by atoms with Crippen molar-refractivity contribution < 1.29 is 9.53 Å².